The van der Waals surface area contributed by atoms with Gasteiger partial charge in [0.2, 0.25) is 15.9 Å². The van der Waals surface area contributed by atoms with E-state index < -0.39 is 21.9 Å². The Labute approximate surface area is 198 Å². The Morgan fingerprint density at radius 3 is 2.44 bits per heavy atom. The molecule has 180 valence electrons. The molecule has 1 aliphatic rings. The molecule has 1 N–H and O–H groups in total. The standard InChI is InChI=1S/C24H27FN4O4S/c1-28-16-13-26-23(28)22(20-5-3-4-6-21(20)33-2)27-24(30)17-11-14-29(15-12-17)34(31,32)19-9-7-18(25)8-10-19/h3-10,13,16-17,22H,11-12,14-15H2,1-2H3,(H,27,30)/t22-/m1/s1. The molecular formula is C24H27FN4O4S. The lowest BCUT2D eigenvalue weighted by Crippen LogP contribution is -2.44. The van der Waals surface area contributed by atoms with Crippen molar-refractivity contribution in [1.82, 2.24) is 19.2 Å². The van der Waals surface area contributed by atoms with Crippen LogP contribution >= 0.6 is 0 Å². The zero-order chi connectivity index (χ0) is 24.3. The van der Waals surface area contributed by atoms with Crippen molar-refractivity contribution < 1.29 is 22.3 Å². The van der Waals surface area contributed by atoms with E-state index in [2.05, 4.69) is 10.3 Å². The number of carbonyl (C=O) groups excluding carboxylic acids is 1. The number of aromatic nitrogens is 2. The summed E-state index contributed by atoms with van der Waals surface area (Å²) in [6.07, 6.45) is 4.24. The van der Waals surface area contributed by atoms with Gasteiger partial charge in [0.15, 0.2) is 0 Å². The number of imidazole rings is 1. The van der Waals surface area contributed by atoms with Gasteiger partial charge in [-0.05, 0) is 43.2 Å². The predicted molar refractivity (Wildman–Crippen MR) is 124 cm³/mol. The molecule has 0 unspecified atom stereocenters. The molecule has 2 aromatic carbocycles. The van der Waals surface area contributed by atoms with Crippen LogP contribution in [0, 0.1) is 11.7 Å². The highest BCUT2D eigenvalue weighted by atomic mass is 32.2. The predicted octanol–water partition coefficient (Wildman–Crippen LogP) is 2.87. The third kappa shape index (κ3) is 4.83. The SMILES string of the molecule is COc1ccccc1[C@@H](NC(=O)C1CCN(S(=O)(=O)c2ccc(F)cc2)CC1)c1nccn1C. The third-order valence-electron chi connectivity index (χ3n) is 6.13. The number of halogens is 1. The number of ether oxygens (including phenoxy) is 1. The van der Waals surface area contributed by atoms with Crippen LogP contribution < -0.4 is 10.1 Å². The van der Waals surface area contributed by atoms with Gasteiger partial charge in [-0.1, -0.05) is 18.2 Å². The first kappa shape index (κ1) is 23.9. The number of piperidine rings is 1. The van der Waals surface area contributed by atoms with Crippen molar-refractivity contribution in [2.24, 2.45) is 13.0 Å². The van der Waals surface area contributed by atoms with Crippen molar-refractivity contribution in [1.29, 1.82) is 0 Å². The Morgan fingerprint density at radius 2 is 1.82 bits per heavy atom. The van der Waals surface area contributed by atoms with Crippen LogP contribution in [0.2, 0.25) is 0 Å². The van der Waals surface area contributed by atoms with Gasteiger partial charge in [-0.15, -0.1) is 0 Å². The summed E-state index contributed by atoms with van der Waals surface area (Å²) in [5.41, 5.74) is 0.781. The first-order valence-corrected chi connectivity index (χ1v) is 12.4. The third-order valence-corrected chi connectivity index (χ3v) is 8.04. The number of rotatable bonds is 7. The van der Waals surface area contributed by atoms with Crippen molar-refractivity contribution in [2.45, 2.75) is 23.8 Å². The molecular weight excluding hydrogens is 459 g/mol. The maximum atomic E-state index is 13.3. The summed E-state index contributed by atoms with van der Waals surface area (Å²) >= 11 is 0. The fraction of sp³-hybridized carbons (Fsp3) is 0.333. The second-order valence-corrected chi connectivity index (χ2v) is 10.2. The molecule has 1 saturated heterocycles. The van der Waals surface area contributed by atoms with E-state index in [1.807, 2.05) is 42.1 Å². The Hall–Kier alpha value is -3.24. The molecule has 0 radical (unpaired) electrons. The fourth-order valence-corrected chi connectivity index (χ4v) is 5.69. The van der Waals surface area contributed by atoms with Crippen LogP contribution in [0.3, 0.4) is 0 Å². The van der Waals surface area contributed by atoms with E-state index in [0.717, 1.165) is 17.7 Å². The van der Waals surface area contributed by atoms with E-state index >= 15 is 0 Å². The monoisotopic (exact) mass is 486 g/mol. The number of sulfonamides is 1. The van der Waals surface area contributed by atoms with Gasteiger partial charge >= 0.3 is 0 Å². The molecule has 10 heteroatoms. The molecule has 0 spiro atoms. The number of hydrogen-bond acceptors (Lipinski definition) is 5. The average Bonchev–Trinajstić information content (AvgIpc) is 3.28. The molecule has 0 aliphatic carbocycles. The number of hydrogen-bond donors (Lipinski definition) is 1. The van der Waals surface area contributed by atoms with Crippen molar-refractivity contribution in [3.63, 3.8) is 0 Å². The van der Waals surface area contributed by atoms with Gasteiger partial charge in [-0.3, -0.25) is 4.79 Å². The number of para-hydroxylation sites is 1. The highest BCUT2D eigenvalue weighted by Gasteiger charge is 2.34. The van der Waals surface area contributed by atoms with Crippen molar-refractivity contribution in [2.75, 3.05) is 20.2 Å². The molecule has 1 amide bonds. The Morgan fingerprint density at radius 1 is 1.15 bits per heavy atom. The van der Waals surface area contributed by atoms with Gasteiger partial charge in [-0.25, -0.2) is 17.8 Å². The molecule has 0 bridgehead atoms. The molecule has 1 aromatic heterocycles. The maximum Gasteiger partial charge on any atom is 0.243 e. The summed E-state index contributed by atoms with van der Waals surface area (Å²) in [4.78, 5) is 17.7. The second kappa shape index (κ2) is 9.94. The minimum absolute atomic E-state index is 0.0443. The minimum Gasteiger partial charge on any atom is -0.496 e. The molecule has 1 atom stereocenters. The van der Waals surface area contributed by atoms with Gasteiger partial charge < -0.3 is 14.6 Å². The summed E-state index contributed by atoms with van der Waals surface area (Å²) < 4.78 is 47.6. The van der Waals surface area contributed by atoms with E-state index in [4.69, 9.17) is 4.74 Å². The topological polar surface area (TPSA) is 93.5 Å². The maximum absolute atomic E-state index is 13.3. The number of carbonyl (C=O) groups is 1. The summed E-state index contributed by atoms with van der Waals surface area (Å²) in [6, 6.07) is 11.7. The highest BCUT2D eigenvalue weighted by molar-refractivity contribution is 7.89. The van der Waals surface area contributed by atoms with Crippen LogP contribution in [0.15, 0.2) is 65.8 Å². The number of methoxy groups -OCH3 is 1. The highest BCUT2D eigenvalue weighted by Crippen LogP contribution is 2.30. The lowest BCUT2D eigenvalue weighted by atomic mass is 9.96. The molecule has 1 aliphatic heterocycles. The van der Waals surface area contributed by atoms with Crippen LogP contribution in [-0.2, 0) is 21.9 Å². The van der Waals surface area contributed by atoms with Gasteiger partial charge in [-0.2, -0.15) is 4.31 Å². The first-order valence-electron chi connectivity index (χ1n) is 11.0. The molecule has 0 saturated carbocycles. The Kier molecular flexibility index (Phi) is 6.99. The fourth-order valence-electron chi connectivity index (χ4n) is 4.22. The summed E-state index contributed by atoms with van der Waals surface area (Å²) in [5, 5.41) is 3.10. The number of benzene rings is 2. The van der Waals surface area contributed by atoms with Crippen LogP contribution in [-0.4, -0.2) is 48.4 Å². The molecule has 34 heavy (non-hydrogen) atoms. The quantitative estimate of drug-likeness (QED) is 0.554. The van der Waals surface area contributed by atoms with Crippen molar-refractivity contribution in [3.8, 4) is 5.75 Å². The molecule has 4 rings (SSSR count). The van der Waals surface area contributed by atoms with Crippen molar-refractivity contribution >= 4 is 15.9 Å². The Balaban J connectivity index is 1.48. The second-order valence-electron chi connectivity index (χ2n) is 8.21. The molecule has 1 fully saturated rings. The number of nitrogens with one attached hydrogen (secondary N) is 1. The zero-order valence-corrected chi connectivity index (χ0v) is 19.8. The molecule has 3 aromatic rings. The zero-order valence-electron chi connectivity index (χ0n) is 19.0. The summed E-state index contributed by atoms with van der Waals surface area (Å²) in [5.74, 6) is 0.284. The minimum atomic E-state index is -3.74. The van der Waals surface area contributed by atoms with Gasteiger partial charge in [0.25, 0.3) is 0 Å². The van der Waals surface area contributed by atoms with E-state index in [0.29, 0.717) is 24.4 Å². The first-order chi connectivity index (χ1) is 16.3. The van der Waals surface area contributed by atoms with Crippen LogP contribution in [0.5, 0.6) is 5.75 Å². The lowest BCUT2D eigenvalue weighted by molar-refractivity contribution is -0.126. The summed E-state index contributed by atoms with van der Waals surface area (Å²) in [6.45, 7) is 0.416. The van der Waals surface area contributed by atoms with Crippen LogP contribution in [0.4, 0.5) is 4.39 Å². The summed E-state index contributed by atoms with van der Waals surface area (Å²) in [7, 11) is -0.305. The van der Waals surface area contributed by atoms with Gasteiger partial charge in [0.05, 0.1) is 12.0 Å². The molecule has 2 heterocycles. The van der Waals surface area contributed by atoms with Gasteiger partial charge in [0.1, 0.15) is 23.4 Å². The van der Waals surface area contributed by atoms with E-state index in [1.165, 1.54) is 16.4 Å². The van der Waals surface area contributed by atoms with Crippen LogP contribution in [0.25, 0.3) is 0 Å². The Bertz CT molecular complexity index is 1250. The van der Waals surface area contributed by atoms with E-state index in [9.17, 15) is 17.6 Å². The van der Waals surface area contributed by atoms with E-state index in [1.54, 1.807) is 13.3 Å². The number of nitrogens with zero attached hydrogens (tertiary/aromatic N) is 3. The normalized spacial score (nSPS) is 16.2. The number of aryl methyl sites for hydroxylation is 1. The average molecular weight is 487 g/mol. The van der Waals surface area contributed by atoms with Gasteiger partial charge in [0, 0.05) is 44.0 Å². The smallest absolute Gasteiger partial charge is 0.243 e. The number of amides is 1. The largest absolute Gasteiger partial charge is 0.496 e. The molecule has 8 nitrogen and oxygen atoms in total. The van der Waals surface area contributed by atoms with Crippen LogP contribution in [0.1, 0.15) is 30.3 Å². The van der Waals surface area contributed by atoms with E-state index in [-0.39, 0.29) is 29.8 Å². The van der Waals surface area contributed by atoms with Crippen molar-refractivity contribution in [3.05, 3.63) is 78.1 Å². The lowest BCUT2D eigenvalue weighted by Gasteiger charge is -2.31.